The van der Waals surface area contributed by atoms with Crippen molar-refractivity contribution in [3.05, 3.63) is 17.5 Å². The summed E-state index contributed by atoms with van der Waals surface area (Å²) in [5, 5.41) is 7.45. The Bertz CT molecular complexity index is 543. The van der Waals surface area contributed by atoms with Crippen LogP contribution in [0.3, 0.4) is 0 Å². The highest BCUT2D eigenvalue weighted by Crippen LogP contribution is 2.18. The zero-order valence-corrected chi connectivity index (χ0v) is 14.3. The number of nitrogens with zero attached hydrogens (tertiary/aromatic N) is 3. The lowest BCUT2D eigenvalue weighted by molar-refractivity contribution is -0.120. The van der Waals surface area contributed by atoms with E-state index >= 15 is 0 Å². The highest BCUT2D eigenvalue weighted by molar-refractivity contribution is 5.78. The van der Waals surface area contributed by atoms with Crippen molar-refractivity contribution in [1.29, 1.82) is 0 Å². The van der Waals surface area contributed by atoms with E-state index in [4.69, 9.17) is 4.74 Å². The molecule has 0 bridgehead atoms. The minimum atomic E-state index is 0.0975. The number of hydrogen-bond acceptors (Lipinski definition) is 4. The van der Waals surface area contributed by atoms with Crippen molar-refractivity contribution in [2.75, 3.05) is 26.2 Å². The van der Waals surface area contributed by atoms with Gasteiger partial charge in [0.25, 0.3) is 0 Å². The van der Waals surface area contributed by atoms with Gasteiger partial charge in [0.15, 0.2) is 0 Å². The van der Waals surface area contributed by atoms with Crippen LogP contribution in [0.25, 0.3) is 0 Å². The van der Waals surface area contributed by atoms with Crippen LogP contribution in [0.5, 0.6) is 0 Å². The number of carbonyl (C=O) groups is 1. The summed E-state index contributed by atoms with van der Waals surface area (Å²) < 4.78 is 7.69. The Balaban J connectivity index is 1.44. The van der Waals surface area contributed by atoms with Gasteiger partial charge in [0.05, 0.1) is 25.3 Å². The molecule has 2 atom stereocenters. The average Bonchev–Trinajstić information content (AvgIpc) is 2.94. The molecule has 0 radical (unpaired) electrons. The molecule has 1 fully saturated rings. The first-order chi connectivity index (χ1) is 11.1. The van der Waals surface area contributed by atoms with E-state index in [1.165, 1.54) is 18.5 Å². The number of aromatic nitrogens is 2. The third-order valence-corrected chi connectivity index (χ3v) is 4.88. The lowest BCUT2D eigenvalue weighted by Gasteiger charge is -2.36. The minimum Gasteiger partial charge on any atom is -0.376 e. The van der Waals surface area contributed by atoms with Gasteiger partial charge in [-0.15, -0.1) is 0 Å². The van der Waals surface area contributed by atoms with Crippen molar-refractivity contribution < 1.29 is 9.53 Å². The Labute approximate surface area is 138 Å². The highest BCUT2D eigenvalue weighted by atomic mass is 16.5. The minimum absolute atomic E-state index is 0.0975. The first kappa shape index (κ1) is 16.5. The van der Waals surface area contributed by atoms with E-state index in [0.717, 1.165) is 38.2 Å². The summed E-state index contributed by atoms with van der Waals surface area (Å²) in [7, 11) is 0. The number of rotatable bonds is 5. The number of amides is 1. The van der Waals surface area contributed by atoms with Gasteiger partial charge in [0, 0.05) is 43.5 Å². The average molecular weight is 320 g/mol. The van der Waals surface area contributed by atoms with Crippen LogP contribution >= 0.6 is 0 Å². The van der Waals surface area contributed by atoms with Crippen LogP contribution in [-0.2, 0) is 28.9 Å². The molecular weight excluding hydrogens is 292 g/mol. The van der Waals surface area contributed by atoms with E-state index in [-0.39, 0.29) is 12.0 Å². The number of nitrogens with one attached hydrogen (secondary N) is 1. The van der Waals surface area contributed by atoms with Gasteiger partial charge in [-0.2, -0.15) is 5.10 Å². The summed E-state index contributed by atoms with van der Waals surface area (Å²) >= 11 is 0. The number of fused-ring (bicyclic) bond motifs is 1. The van der Waals surface area contributed by atoms with Gasteiger partial charge >= 0.3 is 0 Å². The Morgan fingerprint density at radius 3 is 3.17 bits per heavy atom. The molecule has 1 amide bonds. The van der Waals surface area contributed by atoms with E-state index in [2.05, 4.69) is 33.8 Å². The normalized spacial score (nSPS) is 25.1. The molecule has 3 rings (SSSR count). The predicted octanol–water partition coefficient (Wildman–Crippen LogP) is 0.987. The predicted molar refractivity (Wildman–Crippen MR) is 88.3 cm³/mol. The first-order valence-corrected chi connectivity index (χ1v) is 8.79. The number of carbonyl (C=O) groups excluding carboxylic acids is 1. The number of hydrogen-bond donors (Lipinski definition) is 1. The summed E-state index contributed by atoms with van der Waals surface area (Å²) in [5.74, 6) is 0.0975. The largest absolute Gasteiger partial charge is 0.376 e. The van der Waals surface area contributed by atoms with Crippen molar-refractivity contribution >= 4 is 5.91 Å². The third-order valence-electron chi connectivity index (χ3n) is 4.88. The molecular formula is C17H28N4O2. The van der Waals surface area contributed by atoms with Crippen molar-refractivity contribution in [1.82, 2.24) is 20.0 Å². The lowest BCUT2D eigenvalue weighted by Crippen LogP contribution is -2.49. The fourth-order valence-electron chi connectivity index (χ4n) is 3.49. The molecule has 2 aliphatic rings. The van der Waals surface area contributed by atoms with Crippen molar-refractivity contribution in [2.24, 2.45) is 0 Å². The van der Waals surface area contributed by atoms with Crippen LogP contribution in [-0.4, -0.2) is 59.0 Å². The molecule has 23 heavy (non-hydrogen) atoms. The van der Waals surface area contributed by atoms with Crippen LogP contribution < -0.4 is 5.32 Å². The first-order valence-electron chi connectivity index (χ1n) is 8.79. The second-order valence-corrected chi connectivity index (χ2v) is 6.81. The summed E-state index contributed by atoms with van der Waals surface area (Å²) in [6, 6.07) is 0.422. The van der Waals surface area contributed by atoms with Crippen molar-refractivity contribution in [3.8, 4) is 0 Å². The second-order valence-electron chi connectivity index (χ2n) is 6.81. The van der Waals surface area contributed by atoms with Crippen LogP contribution in [0.4, 0.5) is 0 Å². The van der Waals surface area contributed by atoms with Gasteiger partial charge < -0.3 is 10.1 Å². The van der Waals surface area contributed by atoms with Crippen molar-refractivity contribution in [3.63, 3.8) is 0 Å². The molecule has 2 unspecified atom stereocenters. The van der Waals surface area contributed by atoms with Crippen LogP contribution in [0.2, 0.25) is 0 Å². The van der Waals surface area contributed by atoms with E-state index in [1.807, 2.05) is 6.20 Å². The number of morpholine rings is 1. The van der Waals surface area contributed by atoms with Gasteiger partial charge in [-0.1, -0.05) is 0 Å². The number of aryl methyl sites for hydroxylation is 1. The summed E-state index contributed by atoms with van der Waals surface area (Å²) in [5.41, 5.74) is 2.34. The molecule has 6 nitrogen and oxygen atoms in total. The molecule has 1 N–H and O–H groups in total. The monoisotopic (exact) mass is 320 g/mol. The standard InChI is InChI=1S/C17H28N4O2/c1-13-12-23-14(2)11-20(13)8-6-18-17(22)9-15-10-19-21-7-4-3-5-16(15)21/h10,13-14H,3-9,11-12H2,1-2H3,(H,18,22). The van der Waals surface area contributed by atoms with Crippen LogP contribution in [0, 0.1) is 0 Å². The lowest BCUT2D eigenvalue weighted by atomic mass is 10.0. The Kier molecular flexibility index (Phi) is 5.33. The number of ether oxygens (including phenoxy) is 1. The molecule has 6 heteroatoms. The fraction of sp³-hybridized carbons (Fsp3) is 0.765. The molecule has 0 aromatic carbocycles. The van der Waals surface area contributed by atoms with Gasteiger partial charge in [0.2, 0.25) is 5.91 Å². The molecule has 1 aromatic heterocycles. The summed E-state index contributed by atoms with van der Waals surface area (Å²) in [6.07, 6.45) is 6.03. The van der Waals surface area contributed by atoms with Gasteiger partial charge in [-0.3, -0.25) is 14.4 Å². The molecule has 0 aliphatic carbocycles. The maximum atomic E-state index is 12.2. The summed E-state index contributed by atoms with van der Waals surface area (Å²) in [6.45, 7) is 8.55. The summed E-state index contributed by atoms with van der Waals surface area (Å²) in [4.78, 5) is 14.6. The molecule has 3 heterocycles. The zero-order valence-electron chi connectivity index (χ0n) is 14.3. The molecule has 0 saturated carbocycles. The van der Waals surface area contributed by atoms with E-state index in [0.29, 0.717) is 19.0 Å². The third kappa shape index (κ3) is 4.12. The van der Waals surface area contributed by atoms with Crippen LogP contribution in [0.1, 0.15) is 37.9 Å². The maximum absolute atomic E-state index is 12.2. The Morgan fingerprint density at radius 2 is 2.30 bits per heavy atom. The van der Waals surface area contributed by atoms with Gasteiger partial charge in [0.1, 0.15) is 0 Å². The van der Waals surface area contributed by atoms with Crippen molar-refractivity contribution in [2.45, 2.75) is 58.2 Å². The van der Waals surface area contributed by atoms with Gasteiger partial charge in [-0.25, -0.2) is 0 Å². The van der Waals surface area contributed by atoms with E-state index in [9.17, 15) is 4.79 Å². The molecule has 2 aliphatic heterocycles. The fourth-order valence-corrected chi connectivity index (χ4v) is 3.49. The topological polar surface area (TPSA) is 59.4 Å². The molecule has 1 saturated heterocycles. The maximum Gasteiger partial charge on any atom is 0.224 e. The Morgan fingerprint density at radius 1 is 1.43 bits per heavy atom. The molecule has 0 spiro atoms. The zero-order chi connectivity index (χ0) is 16.2. The molecule has 128 valence electrons. The van der Waals surface area contributed by atoms with E-state index < -0.39 is 0 Å². The molecule has 1 aromatic rings. The highest BCUT2D eigenvalue weighted by Gasteiger charge is 2.23. The second kappa shape index (κ2) is 7.45. The van der Waals surface area contributed by atoms with Gasteiger partial charge in [-0.05, 0) is 33.1 Å². The SMILES string of the molecule is CC1CN(CCNC(=O)Cc2cnn3c2CCCC3)C(C)CO1. The smallest absolute Gasteiger partial charge is 0.224 e. The van der Waals surface area contributed by atoms with Crippen LogP contribution in [0.15, 0.2) is 6.20 Å². The Hall–Kier alpha value is -1.40. The van der Waals surface area contributed by atoms with E-state index in [1.54, 1.807) is 0 Å². The quantitative estimate of drug-likeness (QED) is 0.879.